The van der Waals surface area contributed by atoms with Crippen molar-refractivity contribution in [2.45, 2.75) is 24.2 Å². The lowest BCUT2D eigenvalue weighted by Crippen LogP contribution is -2.41. The van der Waals surface area contributed by atoms with Crippen LogP contribution in [0.3, 0.4) is 0 Å². The van der Waals surface area contributed by atoms with Crippen LogP contribution >= 0.6 is 27.7 Å². The number of thioether (sulfide) groups is 1. The number of methoxy groups -OCH3 is 1. The van der Waals surface area contributed by atoms with Crippen molar-refractivity contribution in [3.63, 3.8) is 0 Å². The molecule has 1 fully saturated rings. The molecule has 0 N–H and O–H groups in total. The molecule has 3 rings (SSSR count). The normalized spacial score (nSPS) is 18.0. The van der Waals surface area contributed by atoms with Crippen molar-refractivity contribution in [2.75, 3.05) is 24.9 Å². The third-order valence-electron chi connectivity index (χ3n) is 4.53. The van der Waals surface area contributed by atoms with Gasteiger partial charge in [-0.25, -0.2) is 18.4 Å². The van der Waals surface area contributed by atoms with E-state index in [1.165, 1.54) is 11.8 Å². The van der Waals surface area contributed by atoms with E-state index >= 15 is 0 Å². The van der Waals surface area contributed by atoms with E-state index in [0.29, 0.717) is 21.8 Å². The smallest absolute Gasteiger partial charge is 0.274 e. The van der Waals surface area contributed by atoms with E-state index in [-0.39, 0.29) is 35.7 Å². The number of rotatable bonds is 6. The van der Waals surface area contributed by atoms with Gasteiger partial charge in [0.25, 0.3) is 5.91 Å². The minimum absolute atomic E-state index is 0.0347. The molecule has 0 saturated carbocycles. The van der Waals surface area contributed by atoms with E-state index in [9.17, 15) is 13.2 Å². The van der Waals surface area contributed by atoms with Gasteiger partial charge in [0.15, 0.2) is 15.0 Å². The molecule has 1 saturated heterocycles. The molecule has 0 bridgehead atoms. The summed E-state index contributed by atoms with van der Waals surface area (Å²) in [6.07, 6.45) is 3.79. The number of benzene rings is 1. The second-order valence-corrected chi connectivity index (χ2v) is 10.2. The second-order valence-electron chi connectivity index (χ2n) is 6.39. The van der Waals surface area contributed by atoms with Gasteiger partial charge in [0.1, 0.15) is 11.4 Å². The zero-order valence-corrected chi connectivity index (χ0v) is 18.7. The summed E-state index contributed by atoms with van der Waals surface area (Å²) in [5.74, 6) is 0.452. The Bertz CT molecular complexity index is 967. The first-order chi connectivity index (χ1) is 13.3. The first-order valence-electron chi connectivity index (χ1n) is 8.54. The minimum atomic E-state index is -3.14. The maximum Gasteiger partial charge on any atom is 0.274 e. The van der Waals surface area contributed by atoms with Gasteiger partial charge in [-0.1, -0.05) is 23.9 Å². The van der Waals surface area contributed by atoms with Crippen LogP contribution < -0.4 is 4.74 Å². The number of carbonyl (C=O) groups is 1. The van der Waals surface area contributed by atoms with Crippen LogP contribution in [0.1, 0.15) is 22.5 Å². The Kier molecular flexibility index (Phi) is 6.61. The molecule has 1 amide bonds. The zero-order chi connectivity index (χ0) is 20.3. The fourth-order valence-electron chi connectivity index (χ4n) is 3.05. The fraction of sp³-hybridized carbons (Fsp3) is 0.389. The van der Waals surface area contributed by atoms with Crippen molar-refractivity contribution >= 4 is 43.4 Å². The number of amides is 1. The van der Waals surface area contributed by atoms with Crippen LogP contribution in [0.15, 0.2) is 40.1 Å². The minimum Gasteiger partial charge on any atom is -0.497 e. The zero-order valence-electron chi connectivity index (χ0n) is 15.5. The van der Waals surface area contributed by atoms with Crippen molar-refractivity contribution in [3.8, 4) is 5.75 Å². The van der Waals surface area contributed by atoms with Crippen molar-refractivity contribution in [2.24, 2.45) is 0 Å². The summed E-state index contributed by atoms with van der Waals surface area (Å²) in [5, 5.41) is 0.481. The summed E-state index contributed by atoms with van der Waals surface area (Å²) in [6.45, 7) is 0.286. The molecule has 7 nitrogen and oxygen atoms in total. The molecule has 10 heteroatoms. The van der Waals surface area contributed by atoms with Gasteiger partial charge in [-0.15, -0.1) is 0 Å². The molecule has 1 aliphatic heterocycles. The van der Waals surface area contributed by atoms with Gasteiger partial charge >= 0.3 is 0 Å². The van der Waals surface area contributed by atoms with Crippen LogP contribution in [0.2, 0.25) is 0 Å². The Morgan fingerprint density at radius 2 is 2.07 bits per heavy atom. The highest BCUT2D eigenvalue weighted by Gasteiger charge is 2.36. The third kappa shape index (κ3) is 4.84. The Morgan fingerprint density at radius 3 is 2.64 bits per heavy atom. The molecule has 150 valence electrons. The predicted molar refractivity (Wildman–Crippen MR) is 111 cm³/mol. The van der Waals surface area contributed by atoms with Gasteiger partial charge in [0.2, 0.25) is 0 Å². The van der Waals surface area contributed by atoms with Crippen molar-refractivity contribution in [3.05, 3.63) is 46.2 Å². The predicted octanol–water partition coefficient (Wildman–Crippen LogP) is 2.80. The second kappa shape index (κ2) is 8.79. The van der Waals surface area contributed by atoms with E-state index in [4.69, 9.17) is 4.74 Å². The average Bonchev–Trinajstić information content (AvgIpc) is 3.06. The van der Waals surface area contributed by atoms with Gasteiger partial charge in [0, 0.05) is 18.8 Å². The van der Waals surface area contributed by atoms with Crippen molar-refractivity contribution < 1.29 is 17.9 Å². The summed E-state index contributed by atoms with van der Waals surface area (Å²) < 4.78 is 29.7. The van der Waals surface area contributed by atoms with Crippen LogP contribution in [0.25, 0.3) is 0 Å². The number of aromatic nitrogens is 2. The van der Waals surface area contributed by atoms with E-state index in [1.54, 1.807) is 18.2 Å². The molecule has 0 spiro atoms. The lowest BCUT2D eigenvalue weighted by Gasteiger charge is -2.28. The number of hydrogen-bond acceptors (Lipinski definition) is 7. The number of ether oxygens (including phenoxy) is 1. The summed E-state index contributed by atoms with van der Waals surface area (Å²) >= 11 is 4.68. The Labute approximate surface area is 176 Å². The molecule has 0 aliphatic carbocycles. The Hall–Kier alpha value is -1.65. The maximum absolute atomic E-state index is 13.3. The van der Waals surface area contributed by atoms with Gasteiger partial charge in [0.05, 0.1) is 23.1 Å². The number of sulfone groups is 1. The maximum atomic E-state index is 13.3. The molecule has 0 radical (unpaired) electrons. The molecular formula is C18H20BrN3O4S2. The lowest BCUT2D eigenvalue weighted by molar-refractivity contribution is 0.0672. The van der Waals surface area contributed by atoms with E-state index in [0.717, 1.165) is 5.56 Å². The van der Waals surface area contributed by atoms with Gasteiger partial charge in [-0.2, -0.15) is 0 Å². The monoisotopic (exact) mass is 485 g/mol. The van der Waals surface area contributed by atoms with E-state index in [1.807, 2.05) is 30.5 Å². The van der Waals surface area contributed by atoms with Crippen LogP contribution in [0.4, 0.5) is 0 Å². The number of carbonyl (C=O) groups excluding carboxylic acids is 1. The van der Waals surface area contributed by atoms with Gasteiger partial charge in [-0.05, 0) is 46.3 Å². The van der Waals surface area contributed by atoms with Gasteiger partial charge < -0.3 is 9.64 Å². The fourth-order valence-corrected chi connectivity index (χ4v) is 5.48. The summed E-state index contributed by atoms with van der Waals surface area (Å²) in [6, 6.07) is 6.97. The largest absolute Gasteiger partial charge is 0.497 e. The van der Waals surface area contributed by atoms with Crippen molar-refractivity contribution in [1.29, 1.82) is 0 Å². The molecular weight excluding hydrogens is 466 g/mol. The molecule has 1 aliphatic rings. The standard InChI is InChI=1S/C18H20BrN3O4S2/c1-26-14-5-3-12(4-6-14)10-22(13-7-8-28(24,25)11-13)17(23)16-15(19)9-20-18(21-16)27-2/h3-6,9,13H,7-8,10-11H2,1-2H3. The summed E-state index contributed by atoms with van der Waals surface area (Å²) in [5.41, 5.74) is 1.12. The topological polar surface area (TPSA) is 89.5 Å². The van der Waals surface area contributed by atoms with Crippen LogP contribution in [-0.2, 0) is 16.4 Å². The third-order valence-corrected chi connectivity index (χ3v) is 7.42. The SMILES string of the molecule is COc1ccc(CN(C(=O)c2nc(SC)ncc2Br)C2CCS(=O)(=O)C2)cc1. The van der Waals surface area contributed by atoms with Crippen molar-refractivity contribution in [1.82, 2.24) is 14.9 Å². The number of hydrogen-bond donors (Lipinski definition) is 0. The lowest BCUT2D eigenvalue weighted by atomic mass is 10.1. The van der Waals surface area contributed by atoms with Crippen LogP contribution in [-0.4, -0.2) is 60.1 Å². The highest BCUT2D eigenvalue weighted by molar-refractivity contribution is 9.10. The molecule has 28 heavy (non-hydrogen) atoms. The van der Waals surface area contributed by atoms with E-state index < -0.39 is 9.84 Å². The molecule has 1 aromatic carbocycles. The average molecular weight is 486 g/mol. The quantitative estimate of drug-likeness (QED) is 0.458. The number of halogens is 1. The Morgan fingerprint density at radius 1 is 1.36 bits per heavy atom. The first kappa shape index (κ1) is 21.1. The number of nitrogens with zero attached hydrogens (tertiary/aromatic N) is 3. The summed E-state index contributed by atoms with van der Waals surface area (Å²) in [7, 11) is -1.56. The highest BCUT2D eigenvalue weighted by atomic mass is 79.9. The molecule has 2 heterocycles. The van der Waals surface area contributed by atoms with Gasteiger partial charge in [-0.3, -0.25) is 4.79 Å². The van der Waals surface area contributed by atoms with Crippen LogP contribution in [0.5, 0.6) is 5.75 Å². The molecule has 1 aromatic heterocycles. The molecule has 2 aromatic rings. The van der Waals surface area contributed by atoms with Crippen LogP contribution in [0, 0.1) is 0 Å². The first-order valence-corrected chi connectivity index (χ1v) is 12.4. The highest BCUT2D eigenvalue weighted by Crippen LogP contribution is 2.25. The Balaban J connectivity index is 1.94. The van der Waals surface area contributed by atoms with E-state index in [2.05, 4.69) is 25.9 Å². The molecule has 1 atom stereocenters. The molecule has 1 unspecified atom stereocenters. The summed E-state index contributed by atoms with van der Waals surface area (Å²) in [4.78, 5) is 23.4.